The van der Waals surface area contributed by atoms with Gasteiger partial charge in [0.25, 0.3) is 5.91 Å². The molecule has 0 aromatic heterocycles. The summed E-state index contributed by atoms with van der Waals surface area (Å²) in [6, 6.07) is 14.7. The summed E-state index contributed by atoms with van der Waals surface area (Å²) in [5.41, 5.74) is 2.06. The Labute approximate surface area is 189 Å². The maximum atomic E-state index is 12.7. The van der Waals surface area contributed by atoms with Crippen molar-refractivity contribution in [1.29, 1.82) is 0 Å². The monoisotopic (exact) mass is 437 g/mol. The van der Waals surface area contributed by atoms with Crippen LogP contribution >= 0.6 is 0 Å². The van der Waals surface area contributed by atoms with Gasteiger partial charge in [-0.25, -0.2) is 0 Å². The molecule has 2 fully saturated rings. The van der Waals surface area contributed by atoms with E-state index >= 15 is 0 Å². The van der Waals surface area contributed by atoms with Gasteiger partial charge in [-0.15, -0.1) is 0 Å². The molecule has 32 heavy (non-hydrogen) atoms. The minimum Gasteiger partial charge on any atom is -0.491 e. The number of likely N-dealkylation sites (tertiary alicyclic amines) is 1. The smallest absolute Gasteiger partial charge is 0.253 e. The largest absolute Gasteiger partial charge is 0.491 e. The average molecular weight is 438 g/mol. The lowest BCUT2D eigenvalue weighted by Gasteiger charge is -2.26. The van der Waals surface area contributed by atoms with Gasteiger partial charge in [0.1, 0.15) is 12.4 Å². The molecule has 2 saturated heterocycles. The number of anilines is 2. The van der Waals surface area contributed by atoms with E-state index in [1.54, 1.807) is 24.3 Å². The van der Waals surface area contributed by atoms with Crippen LogP contribution in [0.1, 0.15) is 42.5 Å². The summed E-state index contributed by atoms with van der Waals surface area (Å²) in [4.78, 5) is 26.9. The molecule has 7 heteroatoms. The van der Waals surface area contributed by atoms with Crippen LogP contribution in [0.4, 0.5) is 11.4 Å². The highest BCUT2D eigenvalue weighted by Crippen LogP contribution is 2.19. The minimum atomic E-state index is -0.175. The predicted octanol–water partition coefficient (Wildman–Crippen LogP) is 3.92. The first-order valence-electron chi connectivity index (χ1n) is 11.4. The molecule has 0 spiro atoms. The van der Waals surface area contributed by atoms with Crippen LogP contribution in [-0.2, 0) is 9.53 Å². The standard InChI is InChI=1S/C25H31N3O4/c29-24(17-26-20-9-11-22(12-10-20)32-18-23-8-5-15-31-23)27-21-7-4-6-19(16-21)25(30)28-13-2-1-3-14-28/h4,6-7,9-12,16,23,26H,1-3,5,8,13-15,17-18H2,(H,27,29). The number of hydrogen-bond donors (Lipinski definition) is 2. The first-order chi connectivity index (χ1) is 15.7. The molecule has 2 aromatic carbocycles. The Hall–Kier alpha value is -3.06. The molecule has 0 bridgehead atoms. The number of carbonyl (C=O) groups is 2. The number of piperidine rings is 1. The molecule has 2 heterocycles. The molecule has 2 aromatic rings. The highest BCUT2D eigenvalue weighted by atomic mass is 16.5. The van der Waals surface area contributed by atoms with Crippen molar-refractivity contribution in [1.82, 2.24) is 4.90 Å². The van der Waals surface area contributed by atoms with Crippen molar-refractivity contribution in [2.45, 2.75) is 38.2 Å². The quantitative estimate of drug-likeness (QED) is 0.654. The number of ether oxygens (including phenoxy) is 2. The molecular weight excluding hydrogens is 406 g/mol. The first kappa shape index (κ1) is 22.1. The topological polar surface area (TPSA) is 79.9 Å². The van der Waals surface area contributed by atoms with E-state index in [1.165, 1.54) is 6.42 Å². The maximum Gasteiger partial charge on any atom is 0.253 e. The molecule has 1 unspecified atom stereocenters. The van der Waals surface area contributed by atoms with Gasteiger partial charge in [0.2, 0.25) is 5.91 Å². The fourth-order valence-corrected chi connectivity index (χ4v) is 4.03. The van der Waals surface area contributed by atoms with E-state index in [9.17, 15) is 9.59 Å². The SMILES string of the molecule is O=C(CNc1ccc(OCC2CCCO2)cc1)Nc1cccc(C(=O)N2CCCCC2)c1. The molecule has 1 atom stereocenters. The number of nitrogens with zero attached hydrogens (tertiary/aromatic N) is 1. The first-order valence-corrected chi connectivity index (χ1v) is 11.4. The molecule has 7 nitrogen and oxygen atoms in total. The lowest BCUT2D eigenvalue weighted by atomic mass is 10.1. The summed E-state index contributed by atoms with van der Waals surface area (Å²) in [7, 11) is 0. The van der Waals surface area contributed by atoms with E-state index in [0.29, 0.717) is 17.9 Å². The second-order valence-corrected chi connectivity index (χ2v) is 8.31. The number of carbonyl (C=O) groups excluding carboxylic acids is 2. The van der Waals surface area contributed by atoms with Gasteiger partial charge in [-0.05, 0) is 74.6 Å². The normalized spacial score (nSPS) is 18.2. The average Bonchev–Trinajstić information content (AvgIpc) is 3.36. The van der Waals surface area contributed by atoms with Gasteiger partial charge in [-0.1, -0.05) is 6.07 Å². The van der Waals surface area contributed by atoms with E-state index in [4.69, 9.17) is 9.47 Å². The van der Waals surface area contributed by atoms with Crippen LogP contribution < -0.4 is 15.4 Å². The minimum absolute atomic E-state index is 0.0285. The second-order valence-electron chi connectivity index (χ2n) is 8.31. The maximum absolute atomic E-state index is 12.7. The fourth-order valence-electron chi connectivity index (χ4n) is 4.03. The highest BCUT2D eigenvalue weighted by Gasteiger charge is 2.18. The van der Waals surface area contributed by atoms with Crippen molar-refractivity contribution in [2.24, 2.45) is 0 Å². The Morgan fingerprint density at radius 3 is 2.56 bits per heavy atom. The van der Waals surface area contributed by atoms with E-state index in [-0.39, 0.29) is 24.5 Å². The van der Waals surface area contributed by atoms with Crippen molar-refractivity contribution in [3.8, 4) is 5.75 Å². The summed E-state index contributed by atoms with van der Waals surface area (Å²) in [6.07, 6.45) is 5.61. The molecule has 4 rings (SSSR count). The Bertz CT molecular complexity index is 904. The van der Waals surface area contributed by atoms with Crippen LogP contribution in [0.2, 0.25) is 0 Å². The number of amides is 2. The Kier molecular flexibility index (Phi) is 7.61. The van der Waals surface area contributed by atoms with Crippen molar-refractivity contribution in [3.63, 3.8) is 0 Å². The van der Waals surface area contributed by atoms with Gasteiger partial charge in [-0.3, -0.25) is 9.59 Å². The number of benzene rings is 2. The zero-order valence-corrected chi connectivity index (χ0v) is 18.3. The Morgan fingerprint density at radius 1 is 1.00 bits per heavy atom. The van der Waals surface area contributed by atoms with Crippen LogP contribution in [-0.4, -0.2) is 55.7 Å². The van der Waals surface area contributed by atoms with E-state index < -0.39 is 0 Å². The molecule has 0 radical (unpaired) electrons. The van der Waals surface area contributed by atoms with Crippen LogP contribution in [0.15, 0.2) is 48.5 Å². The number of nitrogens with one attached hydrogen (secondary N) is 2. The van der Waals surface area contributed by atoms with Crippen molar-refractivity contribution in [3.05, 3.63) is 54.1 Å². The lowest BCUT2D eigenvalue weighted by molar-refractivity contribution is -0.114. The van der Waals surface area contributed by atoms with Crippen LogP contribution in [0, 0.1) is 0 Å². The van der Waals surface area contributed by atoms with Gasteiger partial charge in [0, 0.05) is 36.6 Å². The molecule has 2 amide bonds. The summed E-state index contributed by atoms with van der Waals surface area (Å²) in [5.74, 6) is 0.637. The Morgan fingerprint density at radius 2 is 1.81 bits per heavy atom. The van der Waals surface area contributed by atoms with E-state index in [2.05, 4.69) is 10.6 Å². The third-order valence-electron chi connectivity index (χ3n) is 5.80. The molecule has 170 valence electrons. The second kappa shape index (κ2) is 11.0. The molecule has 0 aliphatic carbocycles. The highest BCUT2D eigenvalue weighted by molar-refractivity contribution is 5.98. The number of hydrogen-bond acceptors (Lipinski definition) is 5. The summed E-state index contributed by atoms with van der Waals surface area (Å²) in [5, 5.41) is 5.97. The fraction of sp³-hybridized carbons (Fsp3) is 0.440. The van der Waals surface area contributed by atoms with Crippen molar-refractivity contribution in [2.75, 3.05) is 43.5 Å². The molecule has 2 aliphatic heterocycles. The van der Waals surface area contributed by atoms with E-state index in [0.717, 1.165) is 56.8 Å². The van der Waals surface area contributed by atoms with Gasteiger partial charge >= 0.3 is 0 Å². The summed E-state index contributed by atoms with van der Waals surface area (Å²) in [6.45, 7) is 3.11. The van der Waals surface area contributed by atoms with Crippen molar-refractivity contribution >= 4 is 23.2 Å². The summed E-state index contributed by atoms with van der Waals surface area (Å²) < 4.78 is 11.3. The zero-order valence-electron chi connectivity index (χ0n) is 18.3. The predicted molar refractivity (Wildman–Crippen MR) is 124 cm³/mol. The van der Waals surface area contributed by atoms with Gasteiger partial charge < -0.3 is 25.0 Å². The summed E-state index contributed by atoms with van der Waals surface area (Å²) >= 11 is 0. The van der Waals surface area contributed by atoms with Gasteiger partial charge in [0.05, 0.1) is 12.6 Å². The lowest BCUT2D eigenvalue weighted by Crippen LogP contribution is -2.35. The Balaban J connectivity index is 1.23. The van der Waals surface area contributed by atoms with E-state index in [1.807, 2.05) is 29.2 Å². The van der Waals surface area contributed by atoms with Gasteiger partial charge in [0.15, 0.2) is 0 Å². The van der Waals surface area contributed by atoms with Crippen LogP contribution in [0.25, 0.3) is 0 Å². The third kappa shape index (κ3) is 6.23. The number of rotatable bonds is 8. The molecular formula is C25H31N3O4. The molecule has 2 N–H and O–H groups in total. The van der Waals surface area contributed by atoms with Crippen molar-refractivity contribution < 1.29 is 19.1 Å². The third-order valence-corrected chi connectivity index (χ3v) is 5.80. The zero-order chi connectivity index (χ0) is 22.2. The molecule has 2 aliphatic rings. The van der Waals surface area contributed by atoms with Gasteiger partial charge in [-0.2, -0.15) is 0 Å². The van der Waals surface area contributed by atoms with Crippen LogP contribution in [0.5, 0.6) is 5.75 Å². The molecule has 0 saturated carbocycles. The van der Waals surface area contributed by atoms with Crippen LogP contribution in [0.3, 0.4) is 0 Å².